The van der Waals surface area contributed by atoms with Gasteiger partial charge in [0.05, 0.1) is 19.4 Å². The van der Waals surface area contributed by atoms with Crippen LogP contribution in [0.4, 0.5) is 0 Å². The molecular weight excluding hydrogens is 226 g/mol. The SMILES string of the molecule is CCOc1cccc(Cl)c1CC1CNCO1. The summed E-state index contributed by atoms with van der Waals surface area (Å²) in [7, 11) is 0. The molecule has 88 valence electrons. The molecule has 1 atom stereocenters. The van der Waals surface area contributed by atoms with Crippen molar-refractivity contribution in [3.8, 4) is 5.75 Å². The fraction of sp³-hybridized carbons (Fsp3) is 0.500. The van der Waals surface area contributed by atoms with Crippen molar-refractivity contribution in [1.29, 1.82) is 0 Å². The fourth-order valence-corrected chi connectivity index (χ4v) is 2.09. The summed E-state index contributed by atoms with van der Waals surface area (Å²) in [5, 5.41) is 3.91. The molecule has 0 saturated carbocycles. The number of ether oxygens (including phenoxy) is 2. The number of hydrogen-bond acceptors (Lipinski definition) is 3. The highest BCUT2D eigenvalue weighted by Crippen LogP contribution is 2.28. The van der Waals surface area contributed by atoms with Gasteiger partial charge in [0, 0.05) is 23.6 Å². The van der Waals surface area contributed by atoms with Crippen LogP contribution in [0.5, 0.6) is 5.75 Å². The highest BCUT2D eigenvalue weighted by atomic mass is 35.5. The van der Waals surface area contributed by atoms with Crippen LogP contribution in [0.1, 0.15) is 12.5 Å². The zero-order chi connectivity index (χ0) is 11.4. The van der Waals surface area contributed by atoms with E-state index >= 15 is 0 Å². The maximum Gasteiger partial charge on any atom is 0.124 e. The minimum absolute atomic E-state index is 0.194. The van der Waals surface area contributed by atoms with E-state index in [0.29, 0.717) is 13.3 Å². The standard InChI is InChI=1S/C12H16ClNO2/c1-2-15-12-5-3-4-11(13)10(12)6-9-7-14-8-16-9/h3-5,9,14H,2,6-8H2,1H3. The summed E-state index contributed by atoms with van der Waals surface area (Å²) < 4.78 is 11.1. The molecule has 0 bridgehead atoms. The molecule has 0 spiro atoms. The lowest BCUT2D eigenvalue weighted by molar-refractivity contribution is 0.113. The lowest BCUT2D eigenvalue weighted by Gasteiger charge is -2.14. The molecule has 0 aliphatic carbocycles. The number of benzene rings is 1. The predicted octanol–water partition coefficient (Wildman–Crippen LogP) is 2.23. The van der Waals surface area contributed by atoms with E-state index in [4.69, 9.17) is 21.1 Å². The van der Waals surface area contributed by atoms with Gasteiger partial charge in [-0.3, -0.25) is 5.32 Å². The number of rotatable bonds is 4. The van der Waals surface area contributed by atoms with E-state index in [0.717, 1.165) is 29.3 Å². The van der Waals surface area contributed by atoms with Crippen LogP contribution < -0.4 is 10.1 Å². The second-order valence-electron chi connectivity index (χ2n) is 3.74. The van der Waals surface area contributed by atoms with Gasteiger partial charge in [-0.2, -0.15) is 0 Å². The first-order valence-electron chi connectivity index (χ1n) is 5.53. The smallest absolute Gasteiger partial charge is 0.124 e. The maximum absolute atomic E-state index is 6.19. The Morgan fingerprint density at radius 2 is 2.44 bits per heavy atom. The molecule has 1 aromatic rings. The van der Waals surface area contributed by atoms with Crippen LogP contribution in [0, 0.1) is 0 Å². The quantitative estimate of drug-likeness (QED) is 0.877. The first kappa shape index (κ1) is 11.7. The van der Waals surface area contributed by atoms with E-state index in [1.54, 1.807) is 0 Å². The molecule has 0 amide bonds. The zero-order valence-corrected chi connectivity index (χ0v) is 10.1. The van der Waals surface area contributed by atoms with Gasteiger partial charge in [-0.05, 0) is 19.1 Å². The zero-order valence-electron chi connectivity index (χ0n) is 9.33. The summed E-state index contributed by atoms with van der Waals surface area (Å²) in [6.07, 6.45) is 0.987. The van der Waals surface area contributed by atoms with Crippen molar-refractivity contribution in [2.75, 3.05) is 19.9 Å². The van der Waals surface area contributed by atoms with Crippen LogP contribution >= 0.6 is 11.6 Å². The van der Waals surface area contributed by atoms with Gasteiger partial charge in [-0.1, -0.05) is 17.7 Å². The van der Waals surface area contributed by atoms with Crippen molar-refractivity contribution in [2.45, 2.75) is 19.4 Å². The minimum Gasteiger partial charge on any atom is -0.494 e. The van der Waals surface area contributed by atoms with Gasteiger partial charge in [0.15, 0.2) is 0 Å². The molecule has 1 aliphatic rings. The van der Waals surface area contributed by atoms with Gasteiger partial charge >= 0.3 is 0 Å². The Morgan fingerprint density at radius 3 is 3.12 bits per heavy atom. The average molecular weight is 242 g/mol. The predicted molar refractivity (Wildman–Crippen MR) is 64.1 cm³/mol. The van der Waals surface area contributed by atoms with E-state index in [2.05, 4.69) is 5.32 Å². The van der Waals surface area contributed by atoms with Gasteiger partial charge in [0.2, 0.25) is 0 Å². The molecule has 1 saturated heterocycles. The monoisotopic (exact) mass is 241 g/mol. The molecule has 16 heavy (non-hydrogen) atoms. The Kier molecular flexibility index (Phi) is 4.04. The van der Waals surface area contributed by atoms with Crippen LogP contribution in [0.2, 0.25) is 5.02 Å². The molecule has 0 radical (unpaired) electrons. The summed E-state index contributed by atoms with van der Waals surface area (Å²) in [6, 6.07) is 5.75. The third-order valence-corrected chi connectivity index (χ3v) is 2.95. The van der Waals surface area contributed by atoms with Crippen molar-refractivity contribution in [3.05, 3.63) is 28.8 Å². The van der Waals surface area contributed by atoms with E-state index in [1.165, 1.54) is 0 Å². The van der Waals surface area contributed by atoms with Gasteiger partial charge in [-0.15, -0.1) is 0 Å². The second-order valence-corrected chi connectivity index (χ2v) is 4.15. The molecule has 0 aromatic heterocycles. The summed E-state index contributed by atoms with van der Waals surface area (Å²) >= 11 is 6.19. The van der Waals surface area contributed by atoms with Crippen molar-refractivity contribution in [2.24, 2.45) is 0 Å². The Hall–Kier alpha value is -0.770. The number of hydrogen-bond donors (Lipinski definition) is 1. The van der Waals surface area contributed by atoms with Crippen LogP contribution in [-0.4, -0.2) is 26.0 Å². The van der Waals surface area contributed by atoms with Crippen molar-refractivity contribution >= 4 is 11.6 Å². The Morgan fingerprint density at radius 1 is 1.56 bits per heavy atom. The number of halogens is 1. The van der Waals surface area contributed by atoms with Crippen LogP contribution in [-0.2, 0) is 11.2 Å². The molecule has 1 fully saturated rings. The average Bonchev–Trinajstić information content (AvgIpc) is 2.76. The van der Waals surface area contributed by atoms with Crippen LogP contribution in [0.15, 0.2) is 18.2 Å². The third-order valence-electron chi connectivity index (χ3n) is 2.60. The minimum atomic E-state index is 0.194. The first-order chi connectivity index (χ1) is 7.81. The molecule has 1 heterocycles. The number of nitrogens with one attached hydrogen (secondary N) is 1. The van der Waals surface area contributed by atoms with E-state index in [-0.39, 0.29) is 6.10 Å². The lowest BCUT2D eigenvalue weighted by atomic mass is 10.1. The van der Waals surface area contributed by atoms with E-state index < -0.39 is 0 Å². The van der Waals surface area contributed by atoms with Gasteiger partial charge in [0.1, 0.15) is 5.75 Å². The summed E-state index contributed by atoms with van der Waals surface area (Å²) in [5.74, 6) is 0.866. The third kappa shape index (κ3) is 2.67. The largest absolute Gasteiger partial charge is 0.494 e. The Bertz CT molecular complexity index is 351. The van der Waals surface area contributed by atoms with E-state index in [1.807, 2.05) is 25.1 Å². The summed E-state index contributed by atoms with van der Waals surface area (Å²) in [5.41, 5.74) is 1.04. The highest BCUT2D eigenvalue weighted by molar-refractivity contribution is 6.31. The van der Waals surface area contributed by atoms with Crippen molar-refractivity contribution in [3.63, 3.8) is 0 Å². The first-order valence-corrected chi connectivity index (χ1v) is 5.91. The molecule has 4 heteroatoms. The van der Waals surface area contributed by atoms with Gasteiger partial charge < -0.3 is 9.47 Å². The van der Waals surface area contributed by atoms with Gasteiger partial charge in [-0.25, -0.2) is 0 Å². The highest BCUT2D eigenvalue weighted by Gasteiger charge is 2.19. The molecule has 1 N–H and O–H groups in total. The van der Waals surface area contributed by atoms with Crippen molar-refractivity contribution < 1.29 is 9.47 Å². The summed E-state index contributed by atoms with van der Waals surface area (Å²) in [4.78, 5) is 0. The maximum atomic E-state index is 6.19. The van der Waals surface area contributed by atoms with Gasteiger partial charge in [0.25, 0.3) is 0 Å². The lowest BCUT2D eigenvalue weighted by Crippen LogP contribution is -2.17. The Balaban J connectivity index is 2.16. The molecule has 1 aromatic carbocycles. The molecule has 2 rings (SSSR count). The van der Waals surface area contributed by atoms with Crippen LogP contribution in [0.25, 0.3) is 0 Å². The van der Waals surface area contributed by atoms with Crippen molar-refractivity contribution in [1.82, 2.24) is 5.32 Å². The van der Waals surface area contributed by atoms with E-state index in [9.17, 15) is 0 Å². The fourth-order valence-electron chi connectivity index (χ4n) is 1.84. The molecule has 1 aliphatic heterocycles. The normalized spacial score (nSPS) is 20.0. The Labute approximate surface area is 101 Å². The summed E-state index contributed by atoms with van der Waals surface area (Å²) in [6.45, 7) is 4.12. The second kappa shape index (κ2) is 5.53. The molecule has 1 unspecified atom stereocenters. The van der Waals surface area contributed by atoms with Crippen LogP contribution in [0.3, 0.4) is 0 Å². The molecule has 3 nitrogen and oxygen atoms in total. The topological polar surface area (TPSA) is 30.5 Å². The molecular formula is C12H16ClNO2.